The van der Waals surface area contributed by atoms with Crippen molar-refractivity contribution >= 4 is 22.4 Å². The molecule has 25 heavy (non-hydrogen) atoms. The lowest BCUT2D eigenvalue weighted by molar-refractivity contribution is 1.07. The topological polar surface area (TPSA) is 62.5 Å². The highest BCUT2D eigenvalue weighted by molar-refractivity contribution is 6.28. The van der Waals surface area contributed by atoms with E-state index in [1.807, 2.05) is 36.4 Å². The van der Waals surface area contributed by atoms with Crippen LogP contribution in [-0.4, -0.2) is 15.0 Å². The van der Waals surface area contributed by atoms with E-state index in [1.165, 1.54) is 0 Å². The van der Waals surface area contributed by atoms with Crippen LogP contribution in [0.15, 0.2) is 66.7 Å². The molecule has 0 bridgehead atoms. The lowest BCUT2D eigenvalue weighted by atomic mass is 10.1. The van der Waals surface area contributed by atoms with E-state index in [4.69, 9.17) is 16.9 Å². The molecule has 0 aliphatic heterocycles. The summed E-state index contributed by atoms with van der Waals surface area (Å²) in [5.74, 6) is 0.998. The summed E-state index contributed by atoms with van der Waals surface area (Å²) in [6.07, 6.45) is 0. The van der Waals surface area contributed by atoms with Crippen LogP contribution in [0.1, 0.15) is 5.56 Å². The van der Waals surface area contributed by atoms with Crippen molar-refractivity contribution in [3.8, 4) is 28.8 Å². The highest BCUT2D eigenvalue weighted by atomic mass is 35.5. The first-order valence-corrected chi connectivity index (χ1v) is 8.02. The van der Waals surface area contributed by atoms with Crippen molar-refractivity contribution < 1.29 is 0 Å². The van der Waals surface area contributed by atoms with Crippen LogP contribution in [0, 0.1) is 11.3 Å². The third-order valence-corrected chi connectivity index (χ3v) is 4.06. The van der Waals surface area contributed by atoms with Gasteiger partial charge in [0.25, 0.3) is 0 Å². The fourth-order valence-electron chi connectivity index (χ4n) is 2.63. The molecule has 4 rings (SSSR count). The highest BCUT2D eigenvalue weighted by Crippen LogP contribution is 2.25. The van der Waals surface area contributed by atoms with Crippen molar-refractivity contribution in [2.75, 3.05) is 0 Å². The Morgan fingerprint density at radius 1 is 0.720 bits per heavy atom. The summed E-state index contributed by atoms with van der Waals surface area (Å²) in [6, 6.07) is 23.3. The Balaban J connectivity index is 1.81. The Labute approximate surface area is 149 Å². The molecule has 1 heterocycles. The van der Waals surface area contributed by atoms with Gasteiger partial charge in [0.1, 0.15) is 0 Å². The second-order valence-corrected chi connectivity index (χ2v) is 5.84. The summed E-state index contributed by atoms with van der Waals surface area (Å²) in [6.45, 7) is 0. The number of benzene rings is 3. The molecule has 118 valence electrons. The van der Waals surface area contributed by atoms with Gasteiger partial charge in [-0.15, -0.1) is 0 Å². The molecule has 0 aliphatic carbocycles. The summed E-state index contributed by atoms with van der Waals surface area (Å²) in [5, 5.41) is 11.3. The minimum absolute atomic E-state index is 0.137. The van der Waals surface area contributed by atoms with Crippen molar-refractivity contribution in [1.82, 2.24) is 15.0 Å². The molecule has 0 atom stereocenters. The molecular weight excluding hydrogens is 332 g/mol. The standard InChI is InChI=1S/C20H11ClN4/c21-20-24-18(15-7-5-13(12-22)6-8-15)23-19(25-20)17-10-9-14-3-1-2-4-16(14)11-17/h1-11H. The van der Waals surface area contributed by atoms with Gasteiger partial charge in [0, 0.05) is 11.1 Å². The smallest absolute Gasteiger partial charge is 0.208 e. The van der Waals surface area contributed by atoms with Gasteiger partial charge in [0.05, 0.1) is 11.6 Å². The molecule has 0 radical (unpaired) electrons. The van der Waals surface area contributed by atoms with Gasteiger partial charge in [-0.05, 0) is 52.7 Å². The van der Waals surface area contributed by atoms with Crippen LogP contribution in [0.25, 0.3) is 33.5 Å². The molecule has 0 fully saturated rings. The highest BCUT2D eigenvalue weighted by Gasteiger charge is 2.10. The minimum Gasteiger partial charge on any atom is -0.208 e. The fraction of sp³-hybridized carbons (Fsp3) is 0. The van der Waals surface area contributed by atoms with Gasteiger partial charge in [0.2, 0.25) is 5.28 Å². The van der Waals surface area contributed by atoms with E-state index in [0.717, 1.165) is 21.9 Å². The molecule has 3 aromatic carbocycles. The number of fused-ring (bicyclic) bond motifs is 1. The molecule has 0 saturated heterocycles. The number of nitriles is 1. The lowest BCUT2D eigenvalue weighted by Crippen LogP contribution is -1.97. The van der Waals surface area contributed by atoms with E-state index in [1.54, 1.807) is 24.3 Å². The summed E-state index contributed by atoms with van der Waals surface area (Å²) >= 11 is 6.11. The first-order chi connectivity index (χ1) is 12.2. The molecule has 4 aromatic rings. The maximum atomic E-state index is 8.91. The van der Waals surface area contributed by atoms with Gasteiger partial charge in [-0.1, -0.05) is 36.4 Å². The Morgan fingerprint density at radius 2 is 1.36 bits per heavy atom. The number of nitrogens with zero attached hydrogens (tertiary/aromatic N) is 4. The van der Waals surface area contributed by atoms with Crippen molar-refractivity contribution in [3.63, 3.8) is 0 Å². The third-order valence-electron chi connectivity index (χ3n) is 3.89. The van der Waals surface area contributed by atoms with Crippen molar-refractivity contribution in [2.45, 2.75) is 0 Å². The van der Waals surface area contributed by atoms with Gasteiger partial charge >= 0.3 is 0 Å². The second kappa shape index (κ2) is 6.31. The summed E-state index contributed by atoms with van der Waals surface area (Å²) in [7, 11) is 0. The first-order valence-electron chi connectivity index (χ1n) is 7.64. The average molecular weight is 343 g/mol. The van der Waals surface area contributed by atoms with Crippen molar-refractivity contribution in [1.29, 1.82) is 5.26 Å². The van der Waals surface area contributed by atoms with Crippen LogP contribution in [0.3, 0.4) is 0 Å². The molecule has 5 heteroatoms. The maximum absolute atomic E-state index is 8.91. The van der Waals surface area contributed by atoms with E-state index in [9.17, 15) is 0 Å². The summed E-state index contributed by atoms with van der Waals surface area (Å²) < 4.78 is 0. The SMILES string of the molecule is N#Cc1ccc(-c2nc(Cl)nc(-c3ccc4ccccc4c3)n2)cc1. The van der Waals surface area contributed by atoms with Crippen LogP contribution < -0.4 is 0 Å². The van der Waals surface area contributed by atoms with Crippen LogP contribution in [0.5, 0.6) is 0 Å². The van der Waals surface area contributed by atoms with Gasteiger partial charge in [-0.3, -0.25) is 0 Å². The molecule has 0 saturated carbocycles. The average Bonchev–Trinajstić information content (AvgIpc) is 2.67. The largest absolute Gasteiger partial charge is 0.226 e. The maximum Gasteiger partial charge on any atom is 0.226 e. The molecule has 4 nitrogen and oxygen atoms in total. The number of halogens is 1. The molecule has 1 aromatic heterocycles. The zero-order valence-corrected chi connectivity index (χ0v) is 13.8. The quantitative estimate of drug-likeness (QED) is 0.520. The molecular formula is C20H11ClN4. The van der Waals surface area contributed by atoms with Gasteiger partial charge in [0.15, 0.2) is 11.6 Å². The Morgan fingerprint density at radius 3 is 2.08 bits per heavy atom. The normalized spacial score (nSPS) is 10.6. The van der Waals surface area contributed by atoms with Crippen LogP contribution in [0.2, 0.25) is 5.28 Å². The molecule has 0 N–H and O–H groups in total. The van der Waals surface area contributed by atoms with E-state index >= 15 is 0 Å². The predicted octanol–water partition coefficient (Wildman–Crippen LogP) is 4.88. The zero-order chi connectivity index (χ0) is 17.2. The van der Waals surface area contributed by atoms with E-state index < -0.39 is 0 Å². The van der Waals surface area contributed by atoms with Gasteiger partial charge in [-0.25, -0.2) is 4.98 Å². The van der Waals surface area contributed by atoms with Crippen LogP contribution in [0.4, 0.5) is 0 Å². The Kier molecular flexibility index (Phi) is 3.85. The molecule has 0 unspecified atom stereocenters. The zero-order valence-electron chi connectivity index (χ0n) is 13.0. The van der Waals surface area contributed by atoms with Gasteiger partial charge in [-0.2, -0.15) is 15.2 Å². The minimum atomic E-state index is 0.137. The van der Waals surface area contributed by atoms with Gasteiger partial charge < -0.3 is 0 Å². The molecule has 0 aliphatic rings. The van der Waals surface area contributed by atoms with E-state index in [-0.39, 0.29) is 5.28 Å². The third kappa shape index (κ3) is 3.06. The van der Waals surface area contributed by atoms with E-state index in [2.05, 4.69) is 27.1 Å². The Hall–Kier alpha value is -3.29. The summed E-state index contributed by atoms with van der Waals surface area (Å²) in [5.41, 5.74) is 2.24. The van der Waals surface area contributed by atoms with Crippen LogP contribution in [-0.2, 0) is 0 Å². The molecule has 0 spiro atoms. The number of aromatic nitrogens is 3. The second-order valence-electron chi connectivity index (χ2n) is 5.50. The fourth-order valence-corrected chi connectivity index (χ4v) is 2.79. The predicted molar refractivity (Wildman–Crippen MR) is 97.9 cm³/mol. The number of rotatable bonds is 2. The monoisotopic (exact) mass is 342 g/mol. The number of hydrogen-bond donors (Lipinski definition) is 0. The Bertz CT molecular complexity index is 1110. The lowest BCUT2D eigenvalue weighted by Gasteiger charge is -2.06. The van der Waals surface area contributed by atoms with Crippen molar-refractivity contribution in [3.05, 3.63) is 77.6 Å². The van der Waals surface area contributed by atoms with E-state index in [0.29, 0.717) is 17.2 Å². The first kappa shape index (κ1) is 15.3. The van der Waals surface area contributed by atoms with Crippen LogP contribution >= 0.6 is 11.6 Å². The summed E-state index contributed by atoms with van der Waals surface area (Å²) in [4.78, 5) is 13.0. The molecule has 0 amide bonds. The number of hydrogen-bond acceptors (Lipinski definition) is 4. The van der Waals surface area contributed by atoms with Crippen molar-refractivity contribution in [2.24, 2.45) is 0 Å².